The van der Waals surface area contributed by atoms with E-state index in [9.17, 15) is 26.4 Å². The molecule has 1 aromatic carbocycles. The van der Waals surface area contributed by atoms with Gasteiger partial charge in [0.25, 0.3) is 15.9 Å². The van der Waals surface area contributed by atoms with Crippen LogP contribution in [-0.4, -0.2) is 97.7 Å². The molecule has 0 saturated carbocycles. The molecular formula is C22H25ClN6O7S2. The molecule has 1 unspecified atom stereocenters. The van der Waals surface area contributed by atoms with Crippen molar-refractivity contribution in [2.45, 2.75) is 24.0 Å². The van der Waals surface area contributed by atoms with E-state index in [0.29, 0.717) is 21.6 Å². The van der Waals surface area contributed by atoms with Gasteiger partial charge in [-0.05, 0) is 24.3 Å². The molecule has 5 rings (SSSR count). The minimum atomic E-state index is -4.03. The molecule has 0 spiro atoms. The second kappa shape index (κ2) is 9.64. The Bertz CT molecular complexity index is 1650. The van der Waals surface area contributed by atoms with E-state index in [1.54, 1.807) is 18.2 Å². The fourth-order valence-corrected chi connectivity index (χ4v) is 7.04. The summed E-state index contributed by atoms with van der Waals surface area (Å²) in [4.78, 5) is 34.5. The van der Waals surface area contributed by atoms with Crippen LogP contribution in [0.4, 0.5) is 0 Å². The molecule has 4 heterocycles. The van der Waals surface area contributed by atoms with E-state index in [1.807, 2.05) is 0 Å². The molecule has 13 nitrogen and oxygen atoms in total. The maximum atomic E-state index is 13.4. The van der Waals surface area contributed by atoms with Crippen molar-refractivity contribution in [2.24, 2.45) is 0 Å². The van der Waals surface area contributed by atoms with Gasteiger partial charge in [0.2, 0.25) is 15.9 Å². The maximum Gasteiger partial charge on any atom is 0.310 e. The number of oxazole rings is 1. The third kappa shape index (κ3) is 4.80. The zero-order valence-electron chi connectivity index (χ0n) is 20.5. The van der Waals surface area contributed by atoms with Gasteiger partial charge in [-0.2, -0.15) is 8.61 Å². The number of piperazine rings is 1. The van der Waals surface area contributed by atoms with Gasteiger partial charge in [0.15, 0.2) is 0 Å². The molecule has 0 aliphatic carbocycles. The Morgan fingerprint density at radius 1 is 1.13 bits per heavy atom. The molecule has 38 heavy (non-hydrogen) atoms. The summed E-state index contributed by atoms with van der Waals surface area (Å²) in [6.45, 7) is -0.282. The van der Waals surface area contributed by atoms with Gasteiger partial charge in [0.05, 0.1) is 18.5 Å². The molecule has 2 N–H and O–H groups in total. The SMILES string of the molecule is CNC(=O)C1CN(S(=O)(=O)c2cc3cc(Cl)ccc3[nH]2)CCN1C(=O)c1nc2c(o1)CN(S(C)(=O)=O)CC2. The first-order chi connectivity index (χ1) is 17.9. The van der Waals surface area contributed by atoms with Gasteiger partial charge in [0, 0.05) is 55.6 Å². The molecule has 1 saturated heterocycles. The van der Waals surface area contributed by atoms with Crippen molar-refractivity contribution in [3.05, 3.63) is 46.6 Å². The van der Waals surface area contributed by atoms with E-state index in [4.69, 9.17) is 16.0 Å². The minimum Gasteiger partial charge on any atom is -0.436 e. The van der Waals surface area contributed by atoms with Crippen molar-refractivity contribution in [3.8, 4) is 0 Å². The van der Waals surface area contributed by atoms with Gasteiger partial charge in [-0.15, -0.1) is 0 Å². The molecule has 2 amide bonds. The van der Waals surface area contributed by atoms with Crippen LogP contribution in [0, 0.1) is 0 Å². The van der Waals surface area contributed by atoms with E-state index in [-0.39, 0.29) is 55.8 Å². The summed E-state index contributed by atoms with van der Waals surface area (Å²) in [7, 11) is -6.09. The fraction of sp³-hybridized carbons (Fsp3) is 0.409. The molecule has 0 radical (unpaired) electrons. The first-order valence-corrected chi connectivity index (χ1v) is 15.3. The number of hydrogen-bond acceptors (Lipinski definition) is 8. The fourth-order valence-electron chi connectivity index (χ4n) is 4.63. The van der Waals surface area contributed by atoms with Crippen LogP contribution in [0.1, 0.15) is 22.1 Å². The number of rotatable bonds is 5. The number of aromatic amines is 1. The monoisotopic (exact) mass is 584 g/mol. The number of carbonyl (C=O) groups is 2. The highest BCUT2D eigenvalue weighted by Crippen LogP contribution is 2.27. The Morgan fingerprint density at radius 3 is 2.61 bits per heavy atom. The van der Waals surface area contributed by atoms with Crippen molar-refractivity contribution in [3.63, 3.8) is 0 Å². The van der Waals surface area contributed by atoms with E-state index >= 15 is 0 Å². The van der Waals surface area contributed by atoms with Crippen molar-refractivity contribution in [1.82, 2.24) is 28.8 Å². The van der Waals surface area contributed by atoms with E-state index in [1.165, 1.54) is 22.3 Å². The quantitative estimate of drug-likeness (QED) is 0.434. The summed E-state index contributed by atoms with van der Waals surface area (Å²) in [5, 5.41) is 3.51. The van der Waals surface area contributed by atoms with Crippen molar-refractivity contribution < 1.29 is 30.8 Å². The van der Waals surface area contributed by atoms with Crippen molar-refractivity contribution in [2.75, 3.05) is 39.5 Å². The Balaban J connectivity index is 1.39. The first-order valence-electron chi connectivity index (χ1n) is 11.6. The number of H-pyrrole nitrogens is 1. The standard InChI is InChI=1S/C22H25ClN6O7S2/c1-24-20(30)17-11-28(38(34,35)19-10-13-9-14(23)3-4-15(13)25-19)7-8-29(17)22(31)21-26-16-5-6-27(37(2,32)33)12-18(16)36-21/h3-4,9-10,17,25H,5-8,11-12H2,1-2H3,(H,24,30). The van der Waals surface area contributed by atoms with Crippen LogP contribution >= 0.6 is 11.6 Å². The Morgan fingerprint density at radius 2 is 1.89 bits per heavy atom. The van der Waals surface area contributed by atoms with Crippen LogP contribution in [-0.2, 0) is 37.8 Å². The molecule has 1 fully saturated rings. The van der Waals surface area contributed by atoms with E-state index < -0.39 is 37.9 Å². The zero-order chi connectivity index (χ0) is 27.4. The third-order valence-electron chi connectivity index (χ3n) is 6.68. The molecular weight excluding hydrogens is 560 g/mol. The number of benzene rings is 1. The number of nitrogens with one attached hydrogen (secondary N) is 2. The smallest absolute Gasteiger partial charge is 0.310 e. The van der Waals surface area contributed by atoms with Crippen LogP contribution in [0.5, 0.6) is 0 Å². The summed E-state index contributed by atoms with van der Waals surface area (Å²) in [5.74, 6) is -1.25. The number of nitrogens with zero attached hydrogens (tertiary/aromatic N) is 4. The molecule has 16 heteroatoms. The number of amides is 2. The van der Waals surface area contributed by atoms with Crippen molar-refractivity contribution >= 4 is 54.4 Å². The van der Waals surface area contributed by atoms with Crippen LogP contribution in [0.3, 0.4) is 0 Å². The zero-order valence-corrected chi connectivity index (χ0v) is 22.9. The van der Waals surface area contributed by atoms with Gasteiger partial charge in [-0.1, -0.05) is 11.6 Å². The topological polar surface area (TPSA) is 166 Å². The number of sulfonamides is 2. The van der Waals surface area contributed by atoms with Gasteiger partial charge in [-0.3, -0.25) is 9.59 Å². The summed E-state index contributed by atoms with van der Waals surface area (Å²) in [6, 6.07) is 5.28. The van der Waals surface area contributed by atoms with Gasteiger partial charge in [-0.25, -0.2) is 21.8 Å². The molecule has 2 aliphatic rings. The molecule has 2 aliphatic heterocycles. The molecule has 2 aromatic heterocycles. The Kier molecular flexibility index (Phi) is 6.76. The lowest BCUT2D eigenvalue weighted by atomic mass is 10.1. The predicted octanol–water partition coefficient (Wildman–Crippen LogP) is 0.388. The number of fused-ring (bicyclic) bond motifs is 2. The summed E-state index contributed by atoms with van der Waals surface area (Å²) in [5.41, 5.74) is 1.07. The summed E-state index contributed by atoms with van der Waals surface area (Å²) in [6.07, 6.45) is 1.37. The number of halogens is 1. The van der Waals surface area contributed by atoms with Crippen LogP contribution < -0.4 is 5.32 Å². The Hall–Kier alpha value is -2.98. The highest BCUT2D eigenvalue weighted by Gasteiger charge is 2.42. The van der Waals surface area contributed by atoms with E-state index in [2.05, 4.69) is 15.3 Å². The third-order valence-corrected chi connectivity index (χ3v) is 9.95. The average molecular weight is 585 g/mol. The highest BCUT2D eigenvalue weighted by molar-refractivity contribution is 7.89. The molecule has 1 atom stereocenters. The lowest BCUT2D eigenvalue weighted by Gasteiger charge is -2.38. The van der Waals surface area contributed by atoms with Gasteiger partial charge >= 0.3 is 5.91 Å². The van der Waals surface area contributed by atoms with E-state index in [0.717, 1.165) is 10.6 Å². The molecule has 0 bridgehead atoms. The minimum absolute atomic E-state index is 0.0466. The van der Waals surface area contributed by atoms with Gasteiger partial charge in [0.1, 0.15) is 16.8 Å². The predicted molar refractivity (Wildman–Crippen MR) is 136 cm³/mol. The number of aromatic nitrogens is 2. The second-order valence-electron chi connectivity index (χ2n) is 9.09. The van der Waals surface area contributed by atoms with Crippen LogP contribution in [0.25, 0.3) is 10.9 Å². The molecule has 204 valence electrons. The first kappa shape index (κ1) is 26.6. The summed E-state index contributed by atoms with van der Waals surface area (Å²) < 4.78 is 58.7. The molecule has 3 aromatic rings. The Labute approximate surface area is 223 Å². The van der Waals surface area contributed by atoms with Crippen LogP contribution in [0.2, 0.25) is 5.02 Å². The number of carbonyl (C=O) groups excluding carboxylic acids is 2. The maximum absolute atomic E-state index is 13.4. The lowest BCUT2D eigenvalue weighted by Crippen LogP contribution is -2.61. The summed E-state index contributed by atoms with van der Waals surface area (Å²) >= 11 is 6.02. The van der Waals surface area contributed by atoms with Gasteiger partial charge < -0.3 is 19.6 Å². The van der Waals surface area contributed by atoms with Crippen LogP contribution in [0.15, 0.2) is 33.7 Å². The number of hydrogen-bond donors (Lipinski definition) is 2. The van der Waals surface area contributed by atoms with Crippen molar-refractivity contribution in [1.29, 1.82) is 0 Å². The number of likely N-dealkylation sites (N-methyl/N-ethyl adjacent to an activating group) is 1. The largest absolute Gasteiger partial charge is 0.436 e. The normalized spacial score (nSPS) is 19.4. The average Bonchev–Trinajstić information content (AvgIpc) is 3.50. The second-order valence-corrected chi connectivity index (χ2v) is 13.4. The lowest BCUT2D eigenvalue weighted by molar-refractivity contribution is -0.126. The highest BCUT2D eigenvalue weighted by atomic mass is 35.5.